The maximum Gasteiger partial charge on any atom is 0.338 e. The molecule has 4 nitrogen and oxygen atoms in total. The lowest BCUT2D eigenvalue weighted by molar-refractivity contribution is 0.0526. The summed E-state index contributed by atoms with van der Waals surface area (Å²) in [5.74, 6) is -0.302. The van der Waals surface area contributed by atoms with Gasteiger partial charge >= 0.3 is 5.97 Å². The number of para-hydroxylation sites is 1. The summed E-state index contributed by atoms with van der Waals surface area (Å²) in [6, 6.07) is 17.3. The predicted molar refractivity (Wildman–Crippen MR) is 99.4 cm³/mol. The zero-order chi connectivity index (χ0) is 16.2. The van der Waals surface area contributed by atoms with Crippen LogP contribution in [0.3, 0.4) is 0 Å². The molecule has 0 bridgehead atoms. The van der Waals surface area contributed by atoms with Crippen LogP contribution < -0.4 is 5.32 Å². The lowest BCUT2D eigenvalue weighted by atomic mass is 10.1. The van der Waals surface area contributed by atoms with E-state index in [2.05, 4.69) is 10.3 Å². The highest BCUT2D eigenvalue weighted by Gasteiger charge is 2.07. The van der Waals surface area contributed by atoms with Gasteiger partial charge in [-0.2, -0.15) is 0 Å². The average molecular weight is 343 g/mol. The molecule has 0 unspecified atom stereocenters. The highest BCUT2D eigenvalue weighted by Crippen LogP contribution is 2.26. The van der Waals surface area contributed by atoms with Gasteiger partial charge in [0.05, 0.1) is 17.7 Å². The number of aromatic nitrogens is 1. The summed E-state index contributed by atoms with van der Waals surface area (Å²) in [5.41, 5.74) is 4.37. The minimum Gasteiger partial charge on any atom is -0.462 e. The van der Waals surface area contributed by atoms with Gasteiger partial charge in [-0.1, -0.05) is 18.2 Å². The van der Waals surface area contributed by atoms with Crippen molar-refractivity contribution in [3.05, 3.63) is 65.9 Å². The first-order chi connectivity index (χ1) is 11.2. The number of hydrogen-bond acceptors (Lipinski definition) is 4. The Bertz CT molecular complexity index is 848. The van der Waals surface area contributed by atoms with Gasteiger partial charge in [0.15, 0.2) is 0 Å². The van der Waals surface area contributed by atoms with Crippen LogP contribution in [0.25, 0.3) is 10.9 Å². The number of pyridine rings is 1. The molecule has 5 heteroatoms. The summed E-state index contributed by atoms with van der Waals surface area (Å²) in [4.78, 5) is 16.2. The third-order valence-corrected chi connectivity index (χ3v) is 3.52. The van der Waals surface area contributed by atoms with Gasteiger partial charge in [0.1, 0.15) is 0 Å². The molecule has 1 heterocycles. The van der Waals surface area contributed by atoms with Gasteiger partial charge in [0, 0.05) is 22.5 Å². The molecule has 1 N–H and O–H groups in total. The number of nitrogens with one attached hydrogen (secondary N) is 1. The van der Waals surface area contributed by atoms with Gasteiger partial charge in [-0.25, -0.2) is 4.79 Å². The van der Waals surface area contributed by atoms with E-state index in [1.165, 1.54) is 0 Å². The normalized spacial score (nSPS) is 10.1. The van der Waals surface area contributed by atoms with Crippen LogP contribution in [0.15, 0.2) is 54.6 Å². The molecule has 0 atom stereocenters. The molecule has 3 aromatic rings. The molecule has 0 spiro atoms. The summed E-state index contributed by atoms with van der Waals surface area (Å²) < 4.78 is 4.99. The first-order valence-electron chi connectivity index (χ1n) is 7.58. The molecule has 0 aliphatic heterocycles. The number of benzene rings is 2. The smallest absolute Gasteiger partial charge is 0.338 e. The Balaban J connectivity index is 0.00000208. The molecule has 0 saturated heterocycles. The summed E-state index contributed by atoms with van der Waals surface area (Å²) in [7, 11) is 0. The van der Waals surface area contributed by atoms with Crippen molar-refractivity contribution in [1.29, 1.82) is 0 Å². The van der Waals surface area contributed by atoms with Crippen LogP contribution in [-0.2, 0) is 4.74 Å². The highest BCUT2D eigenvalue weighted by atomic mass is 35.5. The topological polar surface area (TPSA) is 51.2 Å². The molecule has 1 aromatic heterocycles. The minimum atomic E-state index is -0.302. The molecular formula is C19H19ClN2O2. The molecule has 0 radical (unpaired) electrons. The second-order valence-electron chi connectivity index (χ2n) is 5.25. The van der Waals surface area contributed by atoms with Gasteiger partial charge < -0.3 is 10.1 Å². The summed E-state index contributed by atoms with van der Waals surface area (Å²) in [6.07, 6.45) is 0. The lowest BCUT2D eigenvalue weighted by Crippen LogP contribution is -2.04. The third-order valence-electron chi connectivity index (χ3n) is 3.52. The lowest BCUT2D eigenvalue weighted by Gasteiger charge is -2.11. The van der Waals surface area contributed by atoms with E-state index in [-0.39, 0.29) is 18.4 Å². The van der Waals surface area contributed by atoms with E-state index >= 15 is 0 Å². The van der Waals surface area contributed by atoms with Crippen LogP contribution >= 0.6 is 12.4 Å². The van der Waals surface area contributed by atoms with E-state index in [4.69, 9.17) is 4.74 Å². The molecule has 0 amide bonds. The number of anilines is 2. The molecule has 24 heavy (non-hydrogen) atoms. The number of aryl methyl sites for hydroxylation is 1. The maximum absolute atomic E-state index is 11.7. The zero-order valence-electron chi connectivity index (χ0n) is 13.6. The second kappa shape index (κ2) is 7.79. The van der Waals surface area contributed by atoms with E-state index in [1.807, 2.05) is 49.4 Å². The van der Waals surface area contributed by atoms with Gasteiger partial charge in [-0.15, -0.1) is 12.4 Å². The van der Waals surface area contributed by atoms with Crippen LogP contribution in [0.5, 0.6) is 0 Å². The number of fused-ring (bicyclic) bond motifs is 1. The van der Waals surface area contributed by atoms with Crippen molar-refractivity contribution < 1.29 is 9.53 Å². The number of esters is 1. The zero-order valence-corrected chi connectivity index (χ0v) is 14.4. The highest BCUT2D eigenvalue weighted by molar-refractivity contribution is 5.94. The van der Waals surface area contributed by atoms with E-state index in [0.29, 0.717) is 12.2 Å². The fourth-order valence-corrected chi connectivity index (χ4v) is 2.47. The van der Waals surface area contributed by atoms with Gasteiger partial charge in [-0.05, 0) is 50.2 Å². The van der Waals surface area contributed by atoms with Crippen LogP contribution in [0.1, 0.15) is 23.0 Å². The number of carbonyl (C=O) groups excluding carboxylic acids is 1. The van der Waals surface area contributed by atoms with Crippen molar-refractivity contribution in [2.45, 2.75) is 13.8 Å². The molecule has 3 rings (SSSR count). The van der Waals surface area contributed by atoms with Crippen molar-refractivity contribution in [3.63, 3.8) is 0 Å². The standard InChI is InChI=1S/C19H18N2O2.ClH/c1-3-23-19(22)14-8-10-15(11-9-14)21-18-12-13(2)20-17-7-5-4-6-16(17)18;/h4-12H,3H2,1-2H3,(H,20,21);1H. The van der Waals surface area contributed by atoms with Crippen molar-refractivity contribution in [2.24, 2.45) is 0 Å². The van der Waals surface area contributed by atoms with E-state index in [9.17, 15) is 4.79 Å². The first-order valence-corrected chi connectivity index (χ1v) is 7.58. The summed E-state index contributed by atoms with van der Waals surface area (Å²) in [6.45, 7) is 4.15. The van der Waals surface area contributed by atoms with Gasteiger partial charge in [0.25, 0.3) is 0 Å². The second-order valence-corrected chi connectivity index (χ2v) is 5.25. The number of halogens is 1. The number of rotatable bonds is 4. The molecule has 124 valence electrons. The average Bonchev–Trinajstić information content (AvgIpc) is 2.55. The fourth-order valence-electron chi connectivity index (χ4n) is 2.47. The fraction of sp³-hybridized carbons (Fsp3) is 0.158. The Morgan fingerprint density at radius 2 is 1.83 bits per heavy atom. The van der Waals surface area contributed by atoms with Crippen LogP contribution in [0.2, 0.25) is 0 Å². The first kappa shape index (κ1) is 17.8. The Kier molecular flexibility index (Phi) is 5.77. The number of hydrogen-bond donors (Lipinski definition) is 1. The van der Waals surface area contributed by atoms with Crippen LogP contribution in [0.4, 0.5) is 11.4 Å². The number of nitrogens with zero attached hydrogens (tertiary/aromatic N) is 1. The molecule has 0 aliphatic carbocycles. The Labute approximate surface area is 147 Å². The Morgan fingerprint density at radius 3 is 2.54 bits per heavy atom. The molecular weight excluding hydrogens is 324 g/mol. The summed E-state index contributed by atoms with van der Waals surface area (Å²) in [5, 5.41) is 4.46. The maximum atomic E-state index is 11.7. The van der Waals surface area contributed by atoms with E-state index in [0.717, 1.165) is 28.0 Å². The molecule has 2 aromatic carbocycles. The minimum absolute atomic E-state index is 0. The van der Waals surface area contributed by atoms with Crippen LogP contribution in [-0.4, -0.2) is 17.6 Å². The Hall–Kier alpha value is -2.59. The predicted octanol–water partition coefficient (Wildman–Crippen LogP) is 4.89. The van der Waals surface area contributed by atoms with Crippen molar-refractivity contribution >= 4 is 40.7 Å². The van der Waals surface area contributed by atoms with Crippen molar-refractivity contribution in [3.8, 4) is 0 Å². The summed E-state index contributed by atoms with van der Waals surface area (Å²) >= 11 is 0. The van der Waals surface area contributed by atoms with Gasteiger partial charge in [0.2, 0.25) is 0 Å². The number of ether oxygens (including phenoxy) is 1. The third kappa shape index (κ3) is 3.84. The Morgan fingerprint density at radius 1 is 1.12 bits per heavy atom. The van der Waals surface area contributed by atoms with E-state index in [1.54, 1.807) is 19.1 Å². The number of carbonyl (C=O) groups is 1. The van der Waals surface area contributed by atoms with Crippen molar-refractivity contribution in [2.75, 3.05) is 11.9 Å². The quantitative estimate of drug-likeness (QED) is 0.686. The molecule has 0 fully saturated rings. The molecule has 0 saturated carbocycles. The molecule has 0 aliphatic rings. The largest absolute Gasteiger partial charge is 0.462 e. The van der Waals surface area contributed by atoms with Gasteiger partial charge in [-0.3, -0.25) is 4.98 Å². The van der Waals surface area contributed by atoms with E-state index < -0.39 is 0 Å². The SMILES string of the molecule is CCOC(=O)c1ccc(Nc2cc(C)nc3ccccc23)cc1.Cl. The monoisotopic (exact) mass is 342 g/mol. The van der Waals surface area contributed by atoms with Crippen LogP contribution in [0, 0.1) is 6.92 Å². The van der Waals surface area contributed by atoms with Crippen molar-refractivity contribution in [1.82, 2.24) is 4.98 Å².